The standard InChI is InChI=1S/C9H16N4O/c1-3-4-10-9(14)6-11-8-5-12-13(2)7-8/h5,7,11H,3-4,6H2,1-2H3,(H,10,14). The second-order valence-corrected chi connectivity index (χ2v) is 3.11. The Morgan fingerprint density at radius 3 is 3.00 bits per heavy atom. The molecular weight excluding hydrogens is 180 g/mol. The molecule has 0 aliphatic carbocycles. The van der Waals surface area contributed by atoms with Crippen LogP contribution in [0.3, 0.4) is 0 Å². The highest BCUT2D eigenvalue weighted by molar-refractivity contribution is 5.80. The lowest BCUT2D eigenvalue weighted by atomic mass is 10.4. The average Bonchev–Trinajstić information content (AvgIpc) is 2.58. The third kappa shape index (κ3) is 3.47. The molecule has 0 fully saturated rings. The Balaban J connectivity index is 2.23. The van der Waals surface area contributed by atoms with Gasteiger partial charge in [-0.2, -0.15) is 5.10 Å². The van der Waals surface area contributed by atoms with Crippen LogP contribution in [0.1, 0.15) is 13.3 Å². The number of hydrogen-bond donors (Lipinski definition) is 2. The van der Waals surface area contributed by atoms with Gasteiger partial charge in [0.15, 0.2) is 0 Å². The molecule has 0 unspecified atom stereocenters. The van der Waals surface area contributed by atoms with Crippen LogP contribution in [0.15, 0.2) is 12.4 Å². The molecule has 0 atom stereocenters. The molecule has 0 aliphatic heterocycles. The van der Waals surface area contributed by atoms with Crippen LogP contribution in [0.25, 0.3) is 0 Å². The van der Waals surface area contributed by atoms with Gasteiger partial charge < -0.3 is 10.6 Å². The van der Waals surface area contributed by atoms with Crippen molar-refractivity contribution in [2.45, 2.75) is 13.3 Å². The van der Waals surface area contributed by atoms with E-state index in [-0.39, 0.29) is 5.91 Å². The van der Waals surface area contributed by atoms with Crippen LogP contribution in [0, 0.1) is 0 Å². The zero-order valence-electron chi connectivity index (χ0n) is 8.58. The summed E-state index contributed by atoms with van der Waals surface area (Å²) in [6.07, 6.45) is 4.47. The summed E-state index contributed by atoms with van der Waals surface area (Å²) in [5.74, 6) is 0.00991. The van der Waals surface area contributed by atoms with Gasteiger partial charge in [-0.15, -0.1) is 0 Å². The zero-order valence-corrected chi connectivity index (χ0v) is 8.58. The van der Waals surface area contributed by atoms with E-state index in [9.17, 15) is 4.79 Å². The highest BCUT2D eigenvalue weighted by atomic mass is 16.1. The lowest BCUT2D eigenvalue weighted by molar-refractivity contribution is -0.119. The fourth-order valence-corrected chi connectivity index (χ4v) is 1.02. The Morgan fingerprint density at radius 2 is 2.43 bits per heavy atom. The molecule has 1 aromatic heterocycles. The van der Waals surface area contributed by atoms with Gasteiger partial charge in [0.2, 0.25) is 5.91 Å². The maximum absolute atomic E-state index is 11.2. The van der Waals surface area contributed by atoms with Gasteiger partial charge in [0.25, 0.3) is 0 Å². The maximum atomic E-state index is 11.2. The van der Waals surface area contributed by atoms with Crippen LogP contribution < -0.4 is 10.6 Å². The number of aromatic nitrogens is 2. The molecule has 1 amide bonds. The number of carbonyl (C=O) groups is 1. The minimum Gasteiger partial charge on any atom is -0.374 e. The second kappa shape index (κ2) is 5.26. The van der Waals surface area contributed by atoms with Crippen molar-refractivity contribution in [1.82, 2.24) is 15.1 Å². The molecule has 0 bridgehead atoms. The normalized spacial score (nSPS) is 9.86. The quantitative estimate of drug-likeness (QED) is 0.714. The lowest BCUT2D eigenvalue weighted by Crippen LogP contribution is -2.30. The largest absolute Gasteiger partial charge is 0.374 e. The number of hydrogen-bond acceptors (Lipinski definition) is 3. The Hall–Kier alpha value is -1.52. The van der Waals surface area contributed by atoms with E-state index in [0.29, 0.717) is 6.54 Å². The number of anilines is 1. The summed E-state index contributed by atoms with van der Waals surface area (Å²) in [6.45, 7) is 3.05. The van der Waals surface area contributed by atoms with E-state index < -0.39 is 0 Å². The number of nitrogens with one attached hydrogen (secondary N) is 2. The molecule has 1 heterocycles. The van der Waals surface area contributed by atoms with Crippen LogP contribution >= 0.6 is 0 Å². The fourth-order valence-electron chi connectivity index (χ4n) is 1.02. The van der Waals surface area contributed by atoms with Gasteiger partial charge >= 0.3 is 0 Å². The highest BCUT2D eigenvalue weighted by Crippen LogP contribution is 2.01. The number of aryl methyl sites for hydroxylation is 1. The molecule has 0 saturated heterocycles. The molecule has 14 heavy (non-hydrogen) atoms. The summed E-state index contributed by atoms with van der Waals surface area (Å²) < 4.78 is 1.69. The predicted molar refractivity (Wildman–Crippen MR) is 55.0 cm³/mol. The van der Waals surface area contributed by atoms with Crippen molar-refractivity contribution in [3.8, 4) is 0 Å². The summed E-state index contributed by atoms with van der Waals surface area (Å²) in [5, 5.41) is 9.74. The van der Waals surface area contributed by atoms with Crippen LogP contribution in [0.2, 0.25) is 0 Å². The van der Waals surface area contributed by atoms with E-state index in [1.165, 1.54) is 0 Å². The van der Waals surface area contributed by atoms with Crippen molar-refractivity contribution in [3.63, 3.8) is 0 Å². The van der Waals surface area contributed by atoms with Crippen molar-refractivity contribution in [1.29, 1.82) is 0 Å². The number of rotatable bonds is 5. The van der Waals surface area contributed by atoms with Crippen molar-refractivity contribution >= 4 is 11.6 Å². The van der Waals surface area contributed by atoms with Gasteiger partial charge in [0, 0.05) is 19.8 Å². The van der Waals surface area contributed by atoms with Crippen LogP contribution in [0.4, 0.5) is 5.69 Å². The second-order valence-electron chi connectivity index (χ2n) is 3.11. The first kappa shape index (κ1) is 10.6. The summed E-state index contributed by atoms with van der Waals surface area (Å²) in [5.41, 5.74) is 0.860. The Morgan fingerprint density at radius 1 is 1.64 bits per heavy atom. The van der Waals surface area contributed by atoms with Crippen LogP contribution in [-0.4, -0.2) is 28.8 Å². The van der Waals surface area contributed by atoms with E-state index in [4.69, 9.17) is 0 Å². The first-order valence-electron chi connectivity index (χ1n) is 4.71. The van der Waals surface area contributed by atoms with Gasteiger partial charge in [0.05, 0.1) is 18.4 Å². The molecule has 0 saturated carbocycles. The van der Waals surface area contributed by atoms with Gasteiger partial charge in [-0.1, -0.05) is 6.92 Å². The summed E-state index contributed by atoms with van der Waals surface area (Å²) in [7, 11) is 1.84. The molecular formula is C9H16N4O. The third-order valence-electron chi connectivity index (χ3n) is 1.73. The third-order valence-corrected chi connectivity index (χ3v) is 1.73. The van der Waals surface area contributed by atoms with E-state index in [1.807, 2.05) is 20.2 Å². The average molecular weight is 196 g/mol. The predicted octanol–water partition coefficient (Wildman–Crippen LogP) is 0.358. The van der Waals surface area contributed by atoms with Crippen molar-refractivity contribution in [3.05, 3.63) is 12.4 Å². The molecule has 5 heteroatoms. The summed E-state index contributed by atoms with van der Waals surface area (Å²) in [6, 6.07) is 0. The van der Waals surface area contributed by atoms with Crippen LogP contribution in [-0.2, 0) is 11.8 Å². The molecule has 0 aromatic carbocycles. The number of carbonyl (C=O) groups excluding carboxylic acids is 1. The van der Waals surface area contributed by atoms with Crippen LogP contribution in [0.5, 0.6) is 0 Å². The monoisotopic (exact) mass is 196 g/mol. The first-order chi connectivity index (χ1) is 6.72. The van der Waals surface area contributed by atoms with Gasteiger partial charge in [-0.05, 0) is 6.42 Å². The van der Waals surface area contributed by atoms with E-state index >= 15 is 0 Å². The SMILES string of the molecule is CCCNC(=O)CNc1cnn(C)c1. The minimum atomic E-state index is 0.00991. The molecule has 2 N–H and O–H groups in total. The van der Waals surface area contributed by atoms with E-state index in [2.05, 4.69) is 15.7 Å². The maximum Gasteiger partial charge on any atom is 0.239 e. The van der Waals surface area contributed by atoms with E-state index in [0.717, 1.165) is 18.7 Å². The molecule has 5 nitrogen and oxygen atoms in total. The summed E-state index contributed by atoms with van der Waals surface area (Å²) in [4.78, 5) is 11.2. The molecule has 0 radical (unpaired) electrons. The minimum absolute atomic E-state index is 0.00991. The van der Waals surface area contributed by atoms with E-state index in [1.54, 1.807) is 10.9 Å². The van der Waals surface area contributed by atoms with Gasteiger partial charge in [-0.25, -0.2) is 0 Å². The molecule has 0 aliphatic rings. The zero-order chi connectivity index (χ0) is 10.4. The smallest absolute Gasteiger partial charge is 0.239 e. The summed E-state index contributed by atoms with van der Waals surface area (Å²) >= 11 is 0. The topological polar surface area (TPSA) is 59.0 Å². The Labute approximate surface area is 83.5 Å². The van der Waals surface area contributed by atoms with Crippen molar-refractivity contribution < 1.29 is 4.79 Å². The molecule has 78 valence electrons. The Bertz CT molecular complexity index is 295. The highest BCUT2D eigenvalue weighted by Gasteiger charge is 2.00. The van der Waals surface area contributed by atoms with Gasteiger partial charge in [0.1, 0.15) is 0 Å². The fraction of sp³-hybridized carbons (Fsp3) is 0.556. The first-order valence-corrected chi connectivity index (χ1v) is 4.71. The molecule has 0 spiro atoms. The number of nitrogens with zero attached hydrogens (tertiary/aromatic N) is 2. The van der Waals surface area contributed by atoms with Crippen molar-refractivity contribution in [2.75, 3.05) is 18.4 Å². The lowest BCUT2D eigenvalue weighted by Gasteiger charge is -2.04. The molecule has 1 rings (SSSR count). The molecule has 1 aromatic rings. The number of amides is 1. The van der Waals surface area contributed by atoms with Crippen molar-refractivity contribution in [2.24, 2.45) is 7.05 Å². The Kier molecular flexibility index (Phi) is 3.97. The van der Waals surface area contributed by atoms with Gasteiger partial charge in [-0.3, -0.25) is 9.48 Å².